The van der Waals surface area contributed by atoms with Crippen LogP contribution in [0.3, 0.4) is 0 Å². The quantitative estimate of drug-likeness (QED) is 0.518. The predicted molar refractivity (Wildman–Crippen MR) is 56.0 cm³/mol. The van der Waals surface area contributed by atoms with Crippen molar-refractivity contribution in [1.82, 2.24) is 0 Å². The summed E-state index contributed by atoms with van der Waals surface area (Å²) in [6.07, 6.45) is 5.14. The zero-order valence-corrected chi connectivity index (χ0v) is 9.34. The molecule has 13 heavy (non-hydrogen) atoms. The molecule has 0 aliphatic carbocycles. The molecular formula is C11H24O2. The second-order valence-corrected chi connectivity index (χ2v) is 3.21. The Balaban J connectivity index is 3.41. The second-order valence-electron chi connectivity index (χ2n) is 3.21. The maximum absolute atomic E-state index is 5.61. The van der Waals surface area contributed by atoms with E-state index in [1.807, 2.05) is 6.92 Å². The van der Waals surface area contributed by atoms with Crippen molar-refractivity contribution in [2.75, 3.05) is 19.8 Å². The van der Waals surface area contributed by atoms with Gasteiger partial charge in [-0.05, 0) is 26.7 Å². The molecule has 0 rings (SSSR count). The average molecular weight is 188 g/mol. The van der Waals surface area contributed by atoms with Crippen LogP contribution in [0.5, 0.6) is 0 Å². The second kappa shape index (κ2) is 10.0. The predicted octanol–water partition coefficient (Wildman–Crippen LogP) is 3.01. The Bertz CT molecular complexity index is 94.1. The molecule has 2 nitrogen and oxygen atoms in total. The molecule has 0 bridgehead atoms. The molecule has 0 fully saturated rings. The lowest BCUT2D eigenvalue weighted by Crippen LogP contribution is -2.15. The van der Waals surface area contributed by atoms with Crippen LogP contribution in [-0.4, -0.2) is 25.9 Å². The van der Waals surface area contributed by atoms with Gasteiger partial charge in [-0.1, -0.05) is 19.8 Å². The molecule has 0 aromatic rings. The van der Waals surface area contributed by atoms with Gasteiger partial charge >= 0.3 is 0 Å². The van der Waals surface area contributed by atoms with Crippen molar-refractivity contribution in [3.05, 3.63) is 0 Å². The van der Waals surface area contributed by atoms with Crippen molar-refractivity contribution in [3.8, 4) is 0 Å². The molecule has 0 spiro atoms. The molecule has 0 N–H and O–H groups in total. The van der Waals surface area contributed by atoms with Gasteiger partial charge in [0.1, 0.15) is 0 Å². The summed E-state index contributed by atoms with van der Waals surface area (Å²) in [6.45, 7) is 8.77. The third-order valence-corrected chi connectivity index (χ3v) is 2.07. The lowest BCUT2D eigenvalue weighted by atomic mass is 10.1. The van der Waals surface area contributed by atoms with Crippen LogP contribution in [0.2, 0.25) is 0 Å². The van der Waals surface area contributed by atoms with Crippen molar-refractivity contribution in [2.24, 2.45) is 0 Å². The molecule has 0 aromatic heterocycles. The van der Waals surface area contributed by atoms with Crippen molar-refractivity contribution >= 4 is 0 Å². The number of ether oxygens (including phenoxy) is 2. The SMILES string of the molecule is CCCCC(CCOCC)OCC. The fraction of sp³-hybridized carbons (Fsp3) is 1.00. The van der Waals surface area contributed by atoms with Crippen LogP contribution in [0, 0.1) is 0 Å². The van der Waals surface area contributed by atoms with Crippen LogP contribution in [0.25, 0.3) is 0 Å². The van der Waals surface area contributed by atoms with Crippen LogP contribution < -0.4 is 0 Å². The van der Waals surface area contributed by atoms with Gasteiger partial charge < -0.3 is 9.47 Å². The molecule has 1 unspecified atom stereocenters. The van der Waals surface area contributed by atoms with Gasteiger partial charge in [-0.3, -0.25) is 0 Å². The molecule has 0 aliphatic heterocycles. The zero-order chi connectivity index (χ0) is 9.94. The highest BCUT2D eigenvalue weighted by Crippen LogP contribution is 2.08. The van der Waals surface area contributed by atoms with Crippen molar-refractivity contribution in [3.63, 3.8) is 0 Å². The van der Waals surface area contributed by atoms with E-state index >= 15 is 0 Å². The normalized spacial score (nSPS) is 13.2. The molecule has 0 saturated heterocycles. The highest BCUT2D eigenvalue weighted by atomic mass is 16.5. The smallest absolute Gasteiger partial charge is 0.0596 e. The Labute approximate surface area is 82.6 Å². The van der Waals surface area contributed by atoms with Gasteiger partial charge in [0.15, 0.2) is 0 Å². The molecule has 0 amide bonds. The average Bonchev–Trinajstić information content (AvgIpc) is 2.14. The summed E-state index contributed by atoms with van der Waals surface area (Å²) in [5.74, 6) is 0. The van der Waals surface area contributed by atoms with Gasteiger partial charge in [-0.25, -0.2) is 0 Å². The Kier molecular flexibility index (Phi) is 9.94. The van der Waals surface area contributed by atoms with Crippen molar-refractivity contribution in [1.29, 1.82) is 0 Å². The Hall–Kier alpha value is -0.0800. The van der Waals surface area contributed by atoms with E-state index in [0.717, 1.165) is 26.2 Å². The van der Waals surface area contributed by atoms with Gasteiger partial charge in [-0.2, -0.15) is 0 Å². The summed E-state index contributed by atoms with van der Waals surface area (Å²) in [5, 5.41) is 0. The van der Waals surface area contributed by atoms with Crippen molar-refractivity contribution in [2.45, 2.75) is 52.6 Å². The molecule has 2 heteroatoms. The minimum absolute atomic E-state index is 0.413. The first-order valence-electron chi connectivity index (χ1n) is 5.54. The van der Waals surface area contributed by atoms with Crippen LogP contribution in [-0.2, 0) is 9.47 Å². The summed E-state index contributed by atoms with van der Waals surface area (Å²) >= 11 is 0. The van der Waals surface area contributed by atoms with Crippen LogP contribution in [0.15, 0.2) is 0 Å². The summed E-state index contributed by atoms with van der Waals surface area (Å²) < 4.78 is 10.9. The summed E-state index contributed by atoms with van der Waals surface area (Å²) in [7, 11) is 0. The van der Waals surface area contributed by atoms with Gasteiger partial charge in [0.25, 0.3) is 0 Å². The third-order valence-electron chi connectivity index (χ3n) is 2.07. The maximum atomic E-state index is 5.61. The first-order chi connectivity index (χ1) is 6.35. The molecule has 1 atom stereocenters. The van der Waals surface area contributed by atoms with E-state index < -0.39 is 0 Å². The fourth-order valence-corrected chi connectivity index (χ4v) is 1.34. The summed E-state index contributed by atoms with van der Waals surface area (Å²) in [5.41, 5.74) is 0. The monoisotopic (exact) mass is 188 g/mol. The van der Waals surface area contributed by atoms with Gasteiger partial charge in [-0.15, -0.1) is 0 Å². The Morgan fingerprint density at radius 3 is 2.31 bits per heavy atom. The number of hydrogen-bond acceptors (Lipinski definition) is 2. The Morgan fingerprint density at radius 2 is 1.77 bits per heavy atom. The first-order valence-corrected chi connectivity index (χ1v) is 5.54. The Morgan fingerprint density at radius 1 is 1.00 bits per heavy atom. The molecule has 0 aromatic carbocycles. The van der Waals surface area contributed by atoms with Crippen LogP contribution in [0.1, 0.15) is 46.5 Å². The molecule has 80 valence electrons. The topological polar surface area (TPSA) is 18.5 Å². The van der Waals surface area contributed by atoms with Crippen molar-refractivity contribution < 1.29 is 9.47 Å². The highest BCUT2D eigenvalue weighted by molar-refractivity contribution is 4.57. The van der Waals surface area contributed by atoms with E-state index in [0.29, 0.717) is 6.10 Å². The van der Waals surface area contributed by atoms with E-state index in [9.17, 15) is 0 Å². The summed E-state index contributed by atoms with van der Waals surface area (Å²) in [4.78, 5) is 0. The fourth-order valence-electron chi connectivity index (χ4n) is 1.34. The molecule has 0 heterocycles. The van der Waals surface area contributed by atoms with E-state index in [2.05, 4.69) is 13.8 Å². The maximum Gasteiger partial charge on any atom is 0.0596 e. The van der Waals surface area contributed by atoms with Gasteiger partial charge in [0, 0.05) is 19.8 Å². The van der Waals surface area contributed by atoms with Gasteiger partial charge in [0.2, 0.25) is 0 Å². The number of hydrogen-bond donors (Lipinski definition) is 0. The largest absolute Gasteiger partial charge is 0.382 e. The van der Waals surface area contributed by atoms with Gasteiger partial charge in [0.05, 0.1) is 6.10 Å². The van der Waals surface area contributed by atoms with E-state index in [1.165, 1.54) is 19.3 Å². The van der Waals surface area contributed by atoms with E-state index in [4.69, 9.17) is 9.47 Å². The van der Waals surface area contributed by atoms with E-state index in [1.54, 1.807) is 0 Å². The molecular weight excluding hydrogens is 164 g/mol. The van der Waals surface area contributed by atoms with E-state index in [-0.39, 0.29) is 0 Å². The lowest BCUT2D eigenvalue weighted by molar-refractivity contribution is 0.0240. The number of rotatable bonds is 9. The minimum Gasteiger partial charge on any atom is -0.382 e. The van der Waals surface area contributed by atoms with Crippen LogP contribution >= 0.6 is 0 Å². The third kappa shape index (κ3) is 8.26. The lowest BCUT2D eigenvalue weighted by Gasteiger charge is -2.16. The highest BCUT2D eigenvalue weighted by Gasteiger charge is 2.06. The van der Waals surface area contributed by atoms with Crippen LogP contribution in [0.4, 0.5) is 0 Å². The summed E-state index contributed by atoms with van der Waals surface area (Å²) in [6, 6.07) is 0. The number of unbranched alkanes of at least 4 members (excludes halogenated alkanes) is 1. The first kappa shape index (κ1) is 12.9. The standard InChI is InChI=1S/C11H24O2/c1-4-7-8-11(13-6-3)9-10-12-5-2/h11H,4-10H2,1-3H3. The molecule has 0 aliphatic rings. The molecule has 0 saturated carbocycles. The zero-order valence-electron chi connectivity index (χ0n) is 9.34. The molecule has 0 radical (unpaired) electrons. The minimum atomic E-state index is 0.413.